The van der Waals surface area contributed by atoms with Crippen LogP contribution in [-0.4, -0.2) is 46.7 Å². The Balaban J connectivity index is 1.49. The number of aromatic nitrogens is 1. The predicted molar refractivity (Wildman–Crippen MR) is 113 cm³/mol. The van der Waals surface area contributed by atoms with Crippen molar-refractivity contribution in [1.29, 1.82) is 0 Å². The molecule has 2 aromatic heterocycles. The summed E-state index contributed by atoms with van der Waals surface area (Å²) < 4.78 is 18.5. The first-order chi connectivity index (χ1) is 15.0. The minimum absolute atomic E-state index is 0.00427. The first kappa shape index (κ1) is 20.8. The third-order valence-electron chi connectivity index (χ3n) is 5.79. The average molecular weight is 421 g/mol. The van der Waals surface area contributed by atoms with Crippen LogP contribution in [0.25, 0.3) is 0 Å². The normalized spacial score (nSPS) is 15.5. The highest BCUT2D eigenvalue weighted by Crippen LogP contribution is 2.30. The van der Waals surface area contributed by atoms with Gasteiger partial charge in [0.05, 0.1) is 23.6 Å². The van der Waals surface area contributed by atoms with E-state index >= 15 is 0 Å². The van der Waals surface area contributed by atoms with E-state index < -0.39 is 6.04 Å². The molecule has 1 atom stereocenters. The largest absolute Gasteiger partial charge is 0.472 e. The van der Waals surface area contributed by atoms with Gasteiger partial charge in [-0.15, -0.1) is 0 Å². The van der Waals surface area contributed by atoms with E-state index in [0.29, 0.717) is 31.5 Å². The number of nitrogens with zero attached hydrogens (tertiary/aromatic N) is 3. The van der Waals surface area contributed by atoms with Crippen LogP contribution < -0.4 is 0 Å². The van der Waals surface area contributed by atoms with Gasteiger partial charge in [-0.2, -0.15) is 0 Å². The topological polar surface area (TPSA) is 66.7 Å². The molecule has 0 bridgehead atoms. The maximum Gasteiger partial charge on any atom is 0.257 e. The molecule has 160 valence electrons. The van der Waals surface area contributed by atoms with Gasteiger partial charge in [-0.25, -0.2) is 4.39 Å². The fourth-order valence-electron chi connectivity index (χ4n) is 4.09. The lowest BCUT2D eigenvalue weighted by molar-refractivity contribution is -0.137. The Morgan fingerprint density at radius 3 is 2.48 bits per heavy atom. The summed E-state index contributed by atoms with van der Waals surface area (Å²) in [6.45, 7) is 1.03. The van der Waals surface area contributed by atoms with Crippen LogP contribution in [0.5, 0.6) is 0 Å². The van der Waals surface area contributed by atoms with Gasteiger partial charge in [0.25, 0.3) is 5.91 Å². The zero-order valence-corrected chi connectivity index (χ0v) is 17.3. The monoisotopic (exact) mass is 421 g/mol. The fourth-order valence-corrected chi connectivity index (χ4v) is 4.09. The second-order valence-corrected chi connectivity index (χ2v) is 7.74. The van der Waals surface area contributed by atoms with Crippen LogP contribution in [0.4, 0.5) is 4.39 Å². The van der Waals surface area contributed by atoms with Crippen molar-refractivity contribution in [2.45, 2.75) is 18.9 Å². The van der Waals surface area contributed by atoms with E-state index in [-0.39, 0.29) is 23.5 Å². The number of benzene rings is 1. The molecule has 0 radical (unpaired) electrons. The number of rotatable bonds is 5. The molecule has 1 saturated heterocycles. The number of pyridine rings is 1. The van der Waals surface area contributed by atoms with Gasteiger partial charge in [-0.3, -0.25) is 14.6 Å². The molecule has 4 rings (SSSR count). The van der Waals surface area contributed by atoms with Gasteiger partial charge >= 0.3 is 0 Å². The van der Waals surface area contributed by atoms with Gasteiger partial charge in [0.1, 0.15) is 12.1 Å². The Labute approximate surface area is 180 Å². The van der Waals surface area contributed by atoms with Crippen molar-refractivity contribution < 1.29 is 18.4 Å². The number of halogens is 1. The van der Waals surface area contributed by atoms with Crippen molar-refractivity contribution in [2.75, 3.05) is 20.1 Å². The molecule has 1 fully saturated rings. The molecule has 3 heterocycles. The molecular weight excluding hydrogens is 397 g/mol. The highest BCUT2D eigenvalue weighted by atomic mass is 19.1. The number of carbonyl (C=O) groups is 2. The Bertz CT molecular complexity index is 1010. The van der Waals surface area contributed by atoms with Crippen molar-refractivity contribution in [1.82, 2.24) is 14.8 Å². The van der Waals surface area contributed by atoms with Crippen LogP contribution >= 0.6 is 0 Å². The van der Waals surface area contributed by atoms with Crippen LogP contribution in [0.2, 0.25) is 0 Å². The molecule has 1 aliphatic heterocycles. The summed E-state index contributed by atoms with van der Waals surface area (Å²) in [6.07, 6.45) is 5.78. The maximum absolute atomic E-state index is 13.5. The zero-order valence-electron chi connectivity index (χ0n) is 17.3. The number of likely N-dealkylation sites (tertiary alicyclic amines) is 1. The maximum atomic E-state index is 13.5. The van der Waals surface area contributed by atoms with Gasteiger partial charge in [0.2, 0.25) is 5.91 Å². The summed E-state index contributed by atoms with van der Waals surface area (Å²) in [5.41, 5.74) is 2.04. The molecule has 7 heteroatoms. The van der Waals surface area contributed by atoms with Gasteiger partial charge in [0, 0.05) is 32.3 Å². The Morgan fingerprint density at radius 1 is 1.13 bits per heavy atom. The van der Waals surface area contributed by atoms with Crippen LogP contribution in [0, 0.1) is 11.7 Å². The number of furan rings is 1. The number of hydrogen-bond donors (Lipinski definition) is 0. The average Bonchev–Trinajstić information content (AvgIpc) is 3.35. The molecule has 0 N–H and O–H groups in total. The number of carbonyl (C=O) groups excluding carboxylic acids is 2. The SMILES string of the molecule is CN(C(=O)C1CCN(C(=O)c2ccoc2)CC1)C(c1ccc(F)cc1)c1ccccn1. The van der Waals surface area contributed by atoms with Crippen molar-refractivity contribution in [2.24, 2.45) is 5.92 Å². The van der Waals surface area contributed by atoms with Crippen LogP contribution in [0.3, 0.4) is 0 Å². The highest BCUT2D eigenvalue weighted by molar-refractivity contribution is 5.94. The van der Waals surface area contributed by atoms with Crippen LogP contribution in [0.1, 0.15) is 40.5 Å². The third kappa shape index (κ3) is 4.50. The van der Waals surface area contributed by atoms with Gasteiger partial charge in [-0.1, -0.05) is 18.2 Å². The van der Waals surface area contributed by atoms with Crippen LogP contribution in [0.15, 0.2) is 71.7 Å². The molecule has 0 saturated carbocycles. The Morgan fingerprint density at radius 2 is 1.87 bits per heavy atom. The molecule has 1 aliphatic rings. The Hall–Kier alpha value is -3.48. The molecule has 6 nitrogen and oxygen atoms in total. The van der Waals surface area contributed by atoms with Gasteiger partial charge < -0.3 is 14.2 Å². The number of hydrogen-bond acceptors (Lipinski definition) is 4. The van der Waals surface area contributed by atoms with Crippen molar-refractivity contribution in [3.05, 3.63) is 89.9 Å². The minimum Gasteiger partial charge on any atom is -0.472 e. The molecule has 0 aliphatic carbocycles. The van der Waals surface area contributed by atoms with Gasteiger partial charge in [-0.05, 0) is 48.7 Å². The molecule has 2 amide bonds. The minimum atomic E-state index is -0.417. The Kier molecular flexibility index (Phi) is 6.11. The summed E-state index contributed by atoms with van der Waals surface area (Å²) in [5, 5.41) is 0. The van der Waals surface area contributed by atoms with E-state index in [4.69, 9.17) is 4.42 Å². The van der Waals surface area contributed by atoms with E-state index in [1.807, 2.05) is 18.2 Å². The van der Waals surface area contributed by atoms with Gasteiger partial charge in [0.15, 0.2) is 0 Å². The molecular formula is C24H24FN3O3. The lowest BCUT2D eigenvalue weighted by Gasteiger charge is -2.35. The quantitative estimate of drug-likeness (QED) is 0.626. The molecule has 0 spiro atoms. The van der Waals surface area contributed by atoms with Crippen molar-refractivity contribution in [3.63, 3.8) is 0 Å². The first-order valence-corrected chi connectivity index (χ1v) is 10.3. The van der Waals surface area contributed by atoms with E-state index in [0.717, 1.165) is 11.3 Å². The fraction of sp³-hybridized carbons (Fsp3) is 0.292. The first-order valence-electron chi connectivity index (χ1n) is 10.3. The predicted octanol–water partition coefficient (Wildman–Crippen LogP) is 3.91. The third-order valence-corrected chi connectivity index (χ3v) is 5.79. The van der Waals surface area contributed by atoms with E-state index in [1.54, 1.807) is 41.2 Å². The molecule has 1 aromatic carbocycles. The lowest BCUT2D eigenvalue weighted by atomic mass is 9.93. The summed E-state index contributed by atoms with van der Waals surface area (Å²) in [5.74, 6) is -0.599. The standard InChI is InChI=1S/C24H24FN3O3/c1-27(22(21-4-2-3-12-26-21)17-5-7-20(25)8-6-17)23(29)18-9-13-28(14-10-18)24(30)19-11-15-31-16-19/h2-8,11-12,15-16,18,22H,9-10,13-14H2,1H3. The second-order valence-electron chi connectivity index (χ2n) is 7.74. The van der Waals surface area contributed by atoms with Crippen molar-refractivity contribution in [3.8, 4) is 0 Å². The molecule has 1 unspecified atom stereocenters. The summed E-state index contributed by atoms with van der Waals surface area (Å²) >= 11 is 0. The van der Waals surface area contributed by atoms with Crippen LogP contribution in [-0.2, 0) is 4.79 Å². The summed E-state index contributed by atoms with van der Waals surface area (Å²) in [6, 6.07) is 12.9. The lowest BCUT2D eigenvalue weighted by Crippen LogP contribution is -2.44. The second kappa shape index (κ2) is 9.12. The molecule has 3 aromatic rings. The van der Waals surface area contributed by atoms with E-state index in [9.17, 15) is 14.0 Å². The highest BCUT2D eigenvalue weighted by Gasteiger charge is 2.33. The number of piperidine rings is 1. The zero-order chi connectivity index (χ0) is 21.8. The molecule has 31 heavy (non-hydrogen) atoms. The van der Waals surface area contributed by atoms with E-state index in [1.165, 1.54) is 24.7 Å². The summed E-state index contributed by atoms with van der Waals surface area (Å²) in [4.78, 5) is 33.8. The number of amides is 2. The van der Waals surface area contributed by atoms with E-state index in [2.05, 4.69) is 4.98 Å². The van der Waals surface area contributed by atoms with Crippen molar-refractivity contribution >= 4 is 11.8 Å². The smallest absolute Gasteiger partial charge is 0.257 e. The summed E-state index contributed by atoms with van der Waals surface area (Å²) in [7, 11) is 1.76.